The summed E-state index contributed by atoms with van der Waals surface area (Å²) in [5.74, 6) is -3.03. The summed E-state index contributed by atoms with van der Waals surface area (Å²) in [5, 5.41) is 2.57. The molecule has 0 saturated heterocycles. The maximum absolute atomic E-state index is 13.3. The lowest BCUT2D eigenvalue weighted by molar-refractivity contribution is 0.0988. The van der Waals surface area contributed by atoms with Gasteiger partial charge in [-0.05, 0) is 19.2 Å². The number of Topliss-reactive ketones (excluding diaryl/α,β-unsaturated/α-hetero) is 1. The number of benzene rings is 1. The highest BCUT2D eigenvalue weighted by molar-refractivity contribution is 5.98. The van der Waals surface area contributed by atoms with Crippen molar-refractivity contribution in [2.45, 2.75) is 0 Å². The van der Waals surface area contributed by atoms with Gasteiger partial charge >= 0.3 is 0 Å². The van der Waals surface area contributed by atoms with Gasteiger partial charge in [-0.25, -0.2) is 4.39 Å². The molecule has 1 aromatic rings. The van der Waals surface area contributed by atoms with Crippen LogP contribution in [0.3, 0.4) is 0 Å². The molecule has 0 heterocycles. The van der Waals surface area contributed by atoms with E-state index in [9.17, 15) is 13.6 Å². The largest absolute Gasteiger partial charge is 0.494 e. The van der Waals surface area contributed by atoms with Crippen LogP contribution in [0.2, 0.25) is 0 Å². The summed E-state index contributed by atoms with van der Waals surface area (Å²) in [7, 11) is 2.78. The maximum atomic E-state index is 13.3. The summed E-state index contributed by atoms with van der Waals surface area (Å²) in [5.41, 5.74) is -0.275. The molecule has 0 saturated carbocycles. The summed E-state index contributed by atoms with van der Waals surface area (Å²) in [6.45, 7) is -0.0390. The Kier molecular flexibility index (Phi) is 3.74. The molecule has 1 N–H and O–H groups in total. The molecular weight excluding hydrogens is 204 g/mol. The molecule has 0 unspecified atom stereocenters. The summed E-state index contributed by atoms with van der Waals surface area (Å²) in [4.78, 5) is 11.3. The number of ether oxygens (including phenoxy) is 1. The Morgan fingerprint density at radius 3 is 2.60 bits per heavy atom. The third kappa shape index (κ3) is 2.30. The van der Waals surface area contributed by atoms with Crippen molar-refractivity contribution < 1.29 is 18.3 Å². The standard InChI is InChI=1S/C10H11F2NO2/c1-13-5-7(14)6-3-4-8(15-2)10(12)9(6)11/h3-4,13H,5H2,1-2H3. The number of hydrogen-bond donors (Lipinski definition) is 1. The van der Waals surface area contributed by atoms with Crippen LogP contribution in [0, 0.1) is 11.6 Å². The molecular formula is C10H11F2NO2. The first-order valence-electron chi connectivity index (χ1n) is 4.31. The monoisotopic (exact) mass is 215 g/mol. The van der Waals surface area contributed by atoms with E-state index in [2.05, 4.69) is 10.1 Å². The SMILES string of the molecule is CNCC(=O)c1ccc(OC)c(F)c1F. The molecule has 1 aromatic carbocycles. The third-order valence-electron chi connectivity index (χ3n) is 1.90. The normalized spacial score (nSPS) is 10.1. The van der Waals surface area contributed by atoms with Crippen LogP contribution < -0.4 is 10.1 Å². The van der Waals surface area contributed by atoms with Crippen LogP contribution in [0.5, 0.6) is 5.75 Å². The van der Waals surface area contributed by atoms with Gasteiger partial charge in [-0.15, -0.1) is 0 Å². The van der Waals surface area contributed by atoms with Crippen molar-refractivity contribution in [1.82, 2.24) is 5.32 Å². The second-order valence-corrected chi connectivity index (χ2v) is 2.90. The van der Waals surface area contributed by atoms with Crippen LogP contribution >= 0.6 is 0 Å². The van der Waals surface area contributed by atoms with Crippen molar-refractivity contribution in [3.63, 3.8) is 0 Å². The molecule has 0 bridgehead atoms. The van der Waals surface area contributed by atoms with Gasteiger partial charge < -0.3 is 10.1 Å². The molecule has 1 rings (SSSR count). The van der Waals surface area contributed by atoms with Gasteiger partial charge in [-0.1, -0.05) is 0 Å². The van der Waals surface area contributed by atoms with E-state index in [1.54, 1.807) is 7.05 Å². The van der Waals surface area contributed by atoms with Crippen LogP contribution in [-0.4, -0.2) is 26.5 Å². The van der Waals surface area contributed by atoms with E-state index in [1.165, 1.54) is 19.2 Å². The number of rotatable bonds is 4. The zero-order valence-corrected chi connectivity index (χ0v) is 8.43. The van der Waals surface area contributed by atoms with Crippen molar-refractivity contribution in [3.05, 3.63) is 29.3 Å². The summed E-state index contributed by atoms with van der Waals surface area (Å²) in [6, 6.07) is 2.43. The van der Waals surface area contributed by atoms with E-state index in [4.69, 9.17) is 0 Å². The van der Waals surface area contributed by atoms with E-state index in [0.717, 1.165) is 0 Å². The average molecular weight is 215 g/mol. The van der Waals surface area contributed by atoms with Gasteiger partial charge in [0.15, 0.2) is 17.3 Å². The molecule has 0 atom stereocenters. The molecule has 5 heteroatoms. The summed E-state index contributed by atoms with van der Waals surface area (Å²) < 4.78 is 31.1. The number of methoxy groups -OCH3 is 1. The second kappa shape index (κ2) is 4.84. The molecule has 0 aliphatic carbocycles. The highest BCUT2D eigenvalue weighted by atomic mass is 19.2. The molecule has 82 valence electrons. The number of hydrogen-bond acceptors (Lipinski definition) is 3. The number of carbonyl (C=O) groups excluding carboxylic acids is 1. The quantitative estimate of drug-likeness (QED) is 0.771. The Morgan fingerprint density at radius 2 is 2.07 bits per heavy atom. The number of ketones is 1. The molecule has 0 aliphatic heterocycles. The molecule has 15 heavy (non-hydrogen) atoms. The molecule has 0 aromatic heterocycles. The third-order valence-corrected chi connectivity index (χ3v) is 1.90. The lowest BCUT2D eigenvalue weighted by Gasteiger charge is -2.06. The van der Waals surface area contributed by atoms with Gasteiger partial charge in [0.25, 0.3) is 0 Å². The van der Waals surface area contributed by atoms with Crippen molar-refractivity contribution >= 4 is 5.78 Å². The maximum Gasteiger partial charge on any atom is 0.201 e. The molecule has 0 fully saturated rings. The lowest BCUT2D eigenvalue weighted by atomic mass is 10.1. The van der Waals surface area contributed by atoms with Crippen molar-refractivity contribution in [2.75, 3.05) is 20.7 Å². The first kappa shape index (κ1) is 11.6. The zero-order chi connectivity index (χ0) is 11.4. The van der Waals surface area contributed by atoms with Crippen LogP contribution in [0.4, 0.5) is 8.78 Å². The molecule has 0 radical (unpaired) electrons. The number of nitrogens with one attached hydrogen (secondary N) is 1. The minimum Gasteiger partial charge on any atom is -0.494 e. The van der Waals surface area contributed by atoms with Crippen LogP contribution in [0.1, 0.15) is 10.4 Å². The number of likely N-dealkylation sites (N-methyl/N-ethyl adjacent to an activating group) is 1. The minimum absolute atomic E-state index is 0.0390. The molecule has 0 aliphatic rings. The fourth-order valence-corrected chi connectivity index (χ4v) is 1.16. The molecule has 0 amide bonds. The molecule has 0 spiro atoms. The van der Waals surface area contributed by atoms with Crippen molar-refractivity contribution in [1.29, 1.82) is 0 Å². The smallest absolute Gasteiger partial charge is 0.201 e. The van der Waals surface area contributed by atoms with Gasteiger partial charge in [-0.3, -0.25) is 4.79 Å². The minimum atomic E-state index is -1.17. The van der Waals surface area contributed by atoms with Crippen LogP contribution in [0.25, 0.3) is 0 Å². The van der Waals surface area contributed by atoms with Crippen LogP contribution in [-0.2, 0) is 0 Å². The van der Waals surface area contributed by atoms with E-state index in [0.29, 0.717) is 0 Å². The van der Waals surface area contributed by atoms with Crippen molar-refractivity contribution in [2.24, 2.45) is 0 Å². The first-order valence-corrected chi connectivity index (χ1v) is 4.31. The molecule has 3 nitrogen and oxygen atoms in total. The topological polar surface area (TPSA) is 38.3 Å². The predicted octanol–water partition coefficient (Wildman–Crippen LogP) is 1.38. The number of halogens is 2. The Balaban J connectivity index is 3.11. The van der Waals surface area contributed by atoms with Gasteiger partial charge in [0, 0.05) is 0 Å². The average Bonchev–Trinajstić information content (AvgIpc) is 2.22. The van der Waals surface area contributed by atoms with E-state index >= 15 is 0 Å². The fraction of sp³-hybridized carbons (Fsp3) is 0.300. The number of carbonyl (C=O) groups is 1. The summed E-state index contributed by atoms with van der Waals surface area (Å²) >= 11 is 0. The van der Waals surface area contributed by atoms with Gasteiger partial charge in [0.2, 0.25) is 5.82 Å². The van der Waals surface area contributed by atoms with Gasteiger partial charge in [0.05, 0.1) is 19.2 Å². The van der Waals surface area contributed by atoms with Crippen molar-refractivity contribution in [3.8, 4) is 5.75 Å². The van der Waals surface area contributed by atoms with E-state index in [1.807, 2.05) is 0 Å². The van der Waals surface area contributed by atoms with Crippen LogP contribution in [0.15, 0.2) is 12.1 Å². The highest BCUT2D eigenvalue weighted by Crippen LogP contribution is 2.22. The Morgan fingerprint density at radius 1 is 1.40 bits per heavy atom. The first-order chi connectivity index (χ1) is 7.11. The van der Waals surface area contributed by atoms with E-state index < -0.39 is 17.4 Å². The van der Waals surface area contributed by atoms with Gasteiger partial charge in [-0.2, -0.15) is 4.39 Å². The van der Waals surface area contributed by atoms with E-state index in [-0.39, 0.29) is 17.9 Å². The lowest BCUT2D eigenvalue weighted by Crippen LogP contribution is -2.20. The zero-order valence-electron chi connectivity index (χ0n) is 8.43. The summed E-state index contributed by atoms with van der Waals surface area (Å²) in [6.07, 6.45) is 0. The highest BCUT2D eigenvalue weighted by Gasteiger charge is 2.18. The second-order valence-electron chi connectivity index (χ2n) is 2.90. The Bertz CT molecular complexity index is 380. The fourth-order valence-electron chi connectivity index (χ4n) is 1.16. The van der Waals surface area contributed by atoms with Gasteiger partial charge in [0.1, 0.15) is 0 Å². The Labute approximate surface area is 86.0 Å². The predicted molar refractivity (Wildman–Crippen MR) is 51.2 cm³/mol. The Hall–Kier alpha value is -1.49.